The zero-order chi connectivity index (χ0) is 19.6. The van der Waals surface area contributed by atoms with Crippen molar-refractivity contribution in [2.75, 3.05) is 0 Å². The van der Waals surface area contributed by atoms with Gasteiger partial charge in [-0.2, -0.15) is 0 Å². The fourth-order valence-corrected chi connectivity index (χ4v) is 3.64. The van der Waals surface area contributed by atoms with E-state index in [1.54, 1.807) is 0 Å². The summed E-state index contributed by atoms with van der Waals surface area (Å²) >= 11 is 0. The molecule has 1 atom stereocenters. The van der Waals surface area contributed by atoms with E-state index in [2.05, 4.69) is 102 Å². The Morgan fingerprint density at radius 1 is 1.00 bits per heavy atom. The van der Waals surface area contributed by atoms with Crippen LogP contribution in [0.15, 0.2) is 24.3 Å². The first kappa shape index (κ1) is 24.0. The summed E-state index contributed by atoms with van der Waals surface area (Å²) in [6.45, 7) is 20.3. The molecule has 0 aliphatic heterocycles. The fourth-order valence-electron chi connectivity index (χ4n) is 1.74. The first-order valence-electron chi connectivity index (χ1n) is 9.37. The summed E-state index contributed by atoms with van der Waals surface area (Å²) in [7, 11) is -3.06. The Labute approximate surface area is 159 Å². The van der Waals surface area contributed by atoms with Crippen molar-refractivity contribution in [1.29, 1.82) is 0 Å². The topological polar surface area (TPSA) is 9.23 Å². The molecule has 0 radical (unpaired) electrons. The molecular formula is C22H38OSi2. The zero-order valence-electron chi connectivity index (χ0n) is 17.9. The molecule has 140 valence electrons. The predicted octanol–water partition coefficient (Wildman–Crippen LogP) is 6.56. The summed E-state index contributed by atoms with van der Waals surface area (Å²) < 4.78 is 6.53. The Hall–Kier alpha value is -1.01. The maximum Gasteiger partial charge on any atom is 0.192 e. The van der Waals surface area contributed by atoms with Crippen LogP contribution in [-0.2, 0) is 4.43 Å². The van der Waals surface area contributed by atoms with Crippen molar-refractivity contribution in [3.63, 3.8) is 0 Å². The first-order chi connectivity index (χ1) is 11.4. The summed E-state index contributed by atoms with van der Waals surface area (Å²) in [4.78, 5) is 0. The minimum Gasteiger partial charge on any atom is -0.410 e. The van der Waals surface area contributed by atoms with Crippen LogP contribution in [0.4, 0.5) is 0 Å². The second-order valence-corrected chi connectivity index (χ2v) is 18.4. The van der Waals surface area contributed by atoms with Gasteiger partial charge in [-0.1, -0.05) is 77.2 Å². The zero-order valence-corrected chi connectivity index (χ0v) is 19.9. The van der Waals surface area contributed by atoms with E-state index in [1.165, 1.54) is 0 Å². The Balaban J connectivity index is 4.90. The molecule has 0 aromatic rings. The van der Waals surface area contributed by atoms with E-state index in [1.807, 2.05) is 6.08 Å². The average molecular weight is 375 g/mol. The van der Waals surface area contributed by atoms with Gasteiger partial charge in [0.1, 0.15) is 8.07 Å². The minimum absolute atomic E-state index is 0.103. The highest BCUT2D eigenvalue weighted by Gasteiger charge is 2.38. The summed E-state index contributed by atoms with van der Waals surface area (Å²) in [5.41, 5.74) is 3.34. The molecule has 0 spiro atoms. The van der Waals surface area contributed by atoms with Crippen molar-refractivity contribution in [2.45, 2.75) is 90.8 Å². The molecule has 3 heteroatoms. The summed E-state index contributed by atoms with van der Waals surface area (Å²) in [5, 5.41) is 0.214. The van der Waals surface area contributed by atoms with E-state index >= 15 is 0 Å². The smallest absolute Gasteiger partial charge is 0.192 e. The number of hydrogen-bond acceptors (Lipinski definition) is 1. The van der Waals surface area contributed by atoms with Crippen LogP contribution in [0.2, 0.25) is 37.8 Å². The average Bonchev–Trinajstić information content (AvgIpc) is 2.43. The molecule has 0 aliphatic rings. The van der Waals surface area contributed by atoms with E-state index in [0.29, 0.717) is 6.42 Å². The van der Waals surface area contributed by atoms with Crippen LogP contribution in [0.1, 0.15) is 47.0 Å². The molecule has 0 aromatic heterocycles. The van der Waals surface area contributed by atoms with Crippen molar-refractivity contribution in [1.82, 2.24) is 0 Å². The van der Waals surface area contributed by atoms with Crippen LogP contribution >= 0.6 is 0 Å². The van der Waals surface area contributed by atoms with Gasteiger partial charge in [-0.15, -0.1) is 5.54 Å². The third-order valence-corrected chi connectivity index (χ3v) is 9.59. The quantitative estimate of drug-likeness (QED) is 0.290. The van der Waals surface area contributed by atoms with Gasteiger partial charge < -0.3 is 4.43 Å². The summed E-state index contributed by atoms with van der Waals surface area (Å²) in [5.74, 6) is 9.42. The van der Waals surface area contributed by atoms with Gasteiger partial charge in [0.05, 0.1) is 12.5 Å². The standard InChI is InChI=1S/C22H38OSi2/c1-10-11-15-18-21(23-25(8,9)22(2,3)4)19-16-13-12-14-17-20-24(5,6)7/h11,15-16,19,21H,10,14,18H2,1-9H3/b15-11-,19-16+/t21-/m0/s1. The van der Waals surface area contributed by atoms with Crippen molar-refractivity contribution in [3.05, 3.63) is 24.3 Å². The van der Waals surface area contributed by atoms with Crippen LogP contribution < -0.4 is 0 Å². The van der Waals surface area contributed by atoms with Gasteiger partial charge in [0.15, 0.2) is 8.32 Å². The Morgan fingerprint density at radius 3 is 2.16 bits per heavy atom. The van der Waals surface area contributed by atoms with Gasteiger partial charge in [0, 0.05) is 0 Å². The fraction of sp³-hybridized carbons (Fsp3) is 0.636. The van der Waals surface area contributed by atoms with Crippen LogP contribution in [0.25, 0.3) is 0 Å². The molecule has 0 heterocycles. The third-order valence-electron chi connectivity index (χ3n) is 4.16. The third kappa shape index (κ3) is 12.1. The van der Waals surface area contributed by atoms with Gasteiger partial charge in [0.25, 0.3) is 0 Å². The van der Waals surface area contributed by atoms with Crippen LogP contribution in [-0.4, -0.2) is 22.5 Å². The lowest BCUT2D eigenvalue weighted by Crippen LogP contribution is -2.43. The maximum atomic E-state index is 6.53. The maximum absolute atomic E-state index is 6.53. The number of hydrogen-bond donors (Lipinski definition) is 0. The molecule has 0 rings (SSSR count). The molecule has 0 saturated carbocycles. The van der Waals surface area contributed by atoms with Crippen molar-refractivity contribution in [2.24, 2.45) is 0 Å². The molecule has 1 nitrogen and oxygen atoms in total. The Bertz CT molecular complexity index is 564. The highest BCUT2D eigenvalue weighted by atomic mass is 28.4. The highest BCUT2D eigenvalue weighted by molar-refractivity contribution is 6.83. The van der Waals surface area contributed by atoms with Gasteiger partial charge in [-0.3, -0.25) is 0 Å². The lowest BCUT2D eigenvalue weighted by Gasteiger charge is -2.38. The lowest BCUT2D eigenvalue weighted by atomic mass is 10.2. The molecule has 0 N–H and O–H groups in total. The van der Waals surface area contributed by atoms with Crippen LogP contribution in [0.3, 0.4) is 0 Å². The molecule has 25 heavy (non-hydrogen) atoms. The first-order valence-corrected chi connectivity index (χ1v) is 15.8. The van der Waals surface area contributed by atoms with Crippen LogP contribution in [0.5, 0.6) is 0 Å². The van der Waals surface area contributed by atoms with Gasteiger partial charge >= 0.3 is 0 Å². The van der Waals surface area contributed by atoms with Crippen molar-refractivity contribution >= 4 is 16.4 Å². The monoisotopic (exact) mass is 374 g/mol. The summed E-state index contributed by atoms with van der Waals surface area (Å²) in [6, 6.07) is 0. The van der Waals surface area contributed by atoms with Crippen LogP contribution in [0, 0.1) is 23.3 Å². The second-order valence-electron chi connectivity index (χ2n) is 8.94. The molecule has 0 bridgehead atoms. The van der Waals surface area contributed by atoms with E-state index in [9.17, 15) is 0 Å². The van der Waals surface area contributed by atoms with Crippen molar-refractivity contribution in [3.8, 4) is 23.3 Å². The van der Waals surface area contributed by atoms with E-state index in [-0.39, 0.29) is 11.1 Å². The molecule has 0 amide bonds. The largest absolute Gasteiger partial charge is 0.410 e. The summed E-state index contributed by atoms with van der Waals surface area (Å²) in [6.07, 6.45) is 11.2. The Morgan fingerprint density at radius 2 is 1.64 bits per heavy atom. The molecule has 0 aliphatic carbocycles. The molecule has 0 aromatic carbocycles. The lowest BCUT2D eigenvalue weighted by molar-refractivity contribution is 0.228. The number of allylic oxidation sites excluding steroid dienone is 2. The van der Waals surface area contributed by atoms with Gasteiger partial charge in [0.2, 0.25) is 0 Å². The SMILES string of the molecule is CC/C=C\C[C@@H](/C=C/C#CCC#C[Si](C)(C)C)O[Si](C)(C)C(C)(C)C. The van der Waals surface area contributed by atoms with E-state index in [0.717, 1.165) is 12.8 Å². The molecule has 0 unspecified atom stereocenters. The van der Waals surface area contributed by atoms with E-state index in [4.69, 9.17) is 4.43 Å². The Kier molecular flexibility index (Phi) is 10.4. The number of rotatable bonds is 6. The van der Waals surface area contributed by atoms with Gasteiger partial charge in [-0.05, 0) is 43.1 Å². The second kappa shape index (κ2) is 10.9. The normalized spacial score (nSPS) is 14.1. The molecule has 0 saturated heterocycles. The molecule has 0 fully saturated rings. The predicted molar refractivity (Wildman–Crippen MR) is 119 cm³/mol. The molecular weight excluding hydrogens is 336 g/mol. The highest BCUT2D eigenvalue weighted by Crippen LogP contribution is 2.37. The van der Waals surface area contributed by atoms with Gasteiger partial charge in [-0.25, -0.2) is 0 Å². The van der Waals surface area contributed by atoms with E-state index < -0.39 is 16.4 Å². The minimum atomic E-state index is -1.78. The van der Waals surface area contributed by atoms with Crippen molar-refractivity contribution < 1.29 is 4.43 Å².